The molecule has 0 saturated carbocycles. The Balaban J connectivity index is 2.38. The number of amides is 2. The van der Waals surface area contributed by atoms with E-state index in [4.69, 9.17) is 9.84 Å². The Morgan fingerprint density at radius 3 is 2.53 bits per heavy atom. The molecule has 1 aliphatic rings. The first-order valence-electron chi connectivity index (χ1n) is 6.69. The molecular formula is C13H24N2O4. The molecule has 1 fully saturated rings. The quantitative estimate of drug-likeness (QED) is 0.721. The first kappa shape index (κ1) is 15.8. The van der Waals surface area contributed by atoms with Gasteiger partial charge in [-0.05, 0) is 24.7 Å². The van der Waals surface area contributed by atoms with Gasteiger partial charge in [-0.1, -0.05) is 20.8 Å². The predicted molar refractivity (Wildman–Crippen MR) is 71.0 cm³/mol. The minimum atomic E-state index is -1.03. The molecule has 0 bridgehead atoms. The summed E-state index contributed by atoms with van der Waals surface area (Å²) in [5, 5.41) is 14.3. The molecule has 2 atom stereocenters. The number of carboxylic acids is 1. The monoisotopic (exact) mass is 272 g/mol. The summed E-state index contributed by atoms with van der Waals surface area (Å²) < 4.78 is 5.49. The van der Waals surface area contributed by atoms with Crippen LogP contribution in [0.25, 0.3) is 0 Å². The molecule has 0 aromatic rings. The van der Waals surface area contributed by atoms with Gasteiger partial charge in [-0.3, -0.25) is 0 Å². The smallest absolute Gasteiger partial charge is 0.326 e. The Labute approximate surface area is 113 Å². The number of aliphatic carboxylic acids is 1. The molecule has 19 heavy (non-hydrogen) atoms. The lowest BCUT2D eigenvalue weighted by Crippen LogP contribution is -2.53. The highest BCUT2D eigenvalue weighted by atomic mass is 16.5. The normalized spacial score (nSPS) is 21.5. The van der Waals surface area contributed by atoms with Crippen molar-refractivity contribution in [1.29, 1.82) is 0 Å². The third kappa shape index (κ3) is 5.46. The van der Waals surface area contributed by atoms with E-state index in [-0.39, 0.29) is 6.10 Å². The van der Waals surface area contributed by atoms with E-state index in [1.807, 2.05) is 0 Å². The summed E-state index contributed by atoms with van der Waals surface area (Å²) in [6.45, 7) is 6.47. The van der Waals surface area contributed by atoms with Crippen molar-refractivity contribution in [3.05, 3.63) is 0 Å². The molecule has 1 aliphatic heterocycles. The highest BCUT2D eigenvalue weighted by Gasteiger charge is 2.32. The highest BCUT2D eigenvalue weighted by molar-refractivity contribution is 5.83. The maximum Gasteiger partial charge on any atom is 0.326 e. The molecule has 6 nitrogen and oxygen atoms in total. The van der Waals surface area contributed by atoms with Crippen LogP contribution in [-0.2, 0) is 9.53 Å². The van der Waals surface area contributed by atoms with Crippen LogP contribution in [0.1, 0.15) is 40.0 Å². The van der Waals surface area contributed by atoms with Crippen molar-refractivity contribution in [2.75, 3.05) is 13.2 Å². The molecule has 110 valence electrons. The Bertz CT molecular complexity index is 319. The van der Waals surface area contributed by atoms with Gasteiger partial charge in [-0.15, -0.1) is 0 Å². The van der Waals surface area contributed by atoms with Crippen molar-refractivity contribution >= 4 is 12.0 Å². The van der Waals surface area contributed by atoms with Crippen LogP contribution in [0.2, 0.25) is 0 Å². The van der Waals surface area contributed by atoms with Gasteiger partial charge in [0.2, 0.25) is 0 Å². The molecule has 1 saturated heterocycles. The van der Waals surface area contributed by atoms with Crippen molar-refractivity contribution in [3.8, 4) is 0 Å². The van der Waals surface area contributed by atoms with E-state index in [1.165, 1.54) is 0 Å². The van der Waals surface area contributed by atoms with Crippen LogP contribution in [0, 0.1) is 5.41 Å². The predicted octanol–water partition coefficient (Wildman–Crippen LogP) is 1.35. The number of carbonyl (C=O) groups is 2. The lowest BCUT2D eigenvalue weighted by Gasteiger charge is -2.28. The van der Waals surface area contributed by atoms with Crippen LogP contribution < -0.4 is 10.6 Å². The minimum absolute atomic E-state index is 0.0393. The van der Waals surface area contributed by atoms with Gasteiger partial charge in [0.05, 0.1) is 6.10 Å². The highest BCUT2D eigenvalue weighted by Crippen LogP contribution is 2.19. The summed E-state index contributed by atoms with van der Waals surface area (Å²) in [6.07, 6.45) is 3.14. The van der Waals surface area contributed by atoms with E-state index >= 15 is 0 Å². The Morgan fingerprint density at radius 2 is 2.05 bits per heavy atom. The fourth-order valence-corrected chi connectivity index (χ4v) is 2.01. The van der Waals surface area contributed by atoms with E-state index < -0.39 is 23.5 Å². The number of nitrogens with one attached hydrogen (secondary N) is 2. The van der Waals surface area contributed by atoms with Gasteiger partial charge in [-0.2, -0.15) is 0 Å². The summed E-state index contributed by atoms with van der Waals surface area (Å²) in [5.74, 6) is -1.03. The van der Waals surface area contributed by atoms with Crippen molar-refractivity contribution in [2.45, 2.75) is 52.2 Å². The van der Waals surface area contributed by atoms with Crippen molar-refractivity contribution in [2.24, 2.45) is 5.41 Å². The van der Waals surface area contributed by atoms with Gasteiger partial charge in [0.15, 0.2) is 0 Å². The van der Waals surface area contributed by atoms with E-state index in [9.17, 15) is 9.59 Å². The molecule has 0 aromatic carbocycles. The van der Waals surface area contributed by atoms with Crippen LogP contribution >= 0.6 is 0 Å². The Hall–Kier alpha value is -1.30. The second kappa shape index (κ2) is 6.75. The van der Waals surface area contributed by atoms with Crippen LogP contribution in [-0.4, -0.2) is 42.4 Å². The van der Waals surface area contributed by atoms with E-state index in [0.717, 1.165) is 25.9 Å². The van der Waals surface area contributed by atoms with Crippen LogP contribution in [0.4, 0.5) is 4.79 Å². The number of urea groups is 1. The lowest BCUT2D eigenvalue weighted by molar-refractivity contribution is -0.141. The molecule has 0 aliphatic carbocycles. The summed E-state index contributed by atoms with van der Waals surface area (Å²) in [5.41, 5.74) is -0.537. The number of hydrogen-bond donors (Lipinski definition) is 3. The molecule has 1 heterocycles. The average molecular weight is 272 g/mol. The van der Waals surface area contributed by atoms with Gasteiger partial charge in [0.25, 0.3) is 0 Å². The van der Waals surface area contributed by atoms with Gasteiger partial charge in [0, 0.05) is 13.2 Å². The van der Waals surface area contributed by atoms with Gasteiger partial charge < -0.3 is 20.5 Å². The zero-order valence-electron chi connectivity index (χ0n) is 11.9. The second-order valence-electron chi connectivity index (χ2n) is 5.98. The topological polar surface area (TPSA) is 87.7 Å². The standard InChI is InChI=1S/C13H24N2O4/c1-13(2,3)10(11(16)17)15-12(18)14-8-9-6-4-5-7-19-9/h9-10H,4-8H2,1-3H3,(H,16,17)(H2,14,15,18). The maximum atomic E-state index is 11.7. The van der Waals surface area contributed by atoms with Gasteiger partial charge in [0.1, 0.15) is 6.04 Å². The van der Waals surface area contributed by atoms with Gasteiger partial charge >= 0.3 is 12.0 Å². The van der Waals surface area contributed by atoms with E-state index in [0.29, 0.717) is 6.54 Å². The average Bonchev–Trinajstić information content (AvgIpc) is 2.33. The summed E-state index contributed by atoms with van der Waals surface area (Å²) in [6, 6.07) is -1.38. The third-order valence-electron chi connectivity index (χ3n) is 3.15. The first-order chi connectivity index (χ1) is 8.80. The molecule has 3 N–H and O–H groups in total. The zero-order valence-corrected chi connectivity index (χ0v) is 11.9. The molecule has 1 rings (SSSR count). The molecule has 0 aromatic heterocycles. The zero-order chi connectivity index (χ0) is 14.5. The minimum Gasteiger partial charge on any atom is -0.480 e. The molecule has 6 heteroatoms. The molecular weight excluding hydrogens is 248 g/mol. The SMILES string of the molecule is CC(C)(C)C(NC(=O)NCC1CCCCO1)C(=O)O. The molecule has 0 spiro atoms. The van der Waals surface area contributed by atoms with Crippen LogP contribution in [0.3, 0.4) is 0 Å². The first-order valence-corrected chi connectivity index (χ1v) is 6.69. The fraction of sp³-hybridized carbons (Fsp3) is 0.846. The number of rotatable bonds is 4. The van der Waals surface area contributed by atoms with Gasteiger partial charge in [-0.25, -0.2) is 9.59 Å². The lowest BCUT2D eigenvalue weighted by atomic mass is 9.87. The Morgan fingerprint density at radius 1 is 1.37 bits per heavy atom. The van der Waals surface area contributed by atoms with Crippen molar-refractivity contribution in [1.82, 2.24) is 10.6 Å². The Kier molecular flexibility index (Phi) is 5.60. The van der Waals surface area contributed by atoms with E-state index in [2.05, 4.69) is 10.6 Å². The van der Waals surface area contributed by atoms with Crippen LogP contribution in [0.15, 0.2) is 0 Å². The number of ether oxygens (including phenoxy) is 1. The summed E-state index contributed by atoms with van der Waals surface area (Å²) in [4.78, 5) is 22.8. The summed E-state index contributed by atoms with van der Waals surface area (Å²) in [7, 11) is 0. The molecule has 2 unspecified atom stereocenters. The summed E-state index contributed by atoms with van der Waals surface area (Å²) >= 11 is 0. The largest absolute Gasteiger partial charge is 0.480 e. The second-order valence-corrected chi connectivity index (χ2v) is 5.98. The van der Waals surface area contributed by atoms with Crippen LogP contribution in [0.5, 0.6) is 0 Å². The van der Waals surface area contributed by atoms with E-state index in [1.54, 1.807) is 20.8 Å². The molecule has 0 radical (unpaired) electrons. The fourth-order valence-electron chi connectivity index (χ4n) is 2.01. The number of hydrogen-bond acceptors (Lipinski definition) is 3. The third-order valence-corrected chi connectivity index (χ3v) is 3.15. The van der Waals surface area contributed by atoms with Crippen molar-refractivity contribution in [3.63, 3.8) is 0 Å². The number of carboxylic acid groups (broad SMARTS) is 1. The maximum absolute atomic E-state index is 11.7. The number of carbonyl (C=O) groups excluding carboxylic acids is 1. The molecule has 2 amide bonds. The van der Waals surface area contributed by atoms with Crippen molar-refractivity contribution < 1.29 is 19.4 Å².